The van der Waals surface area contributed by atoms with Gasteiger partial charge >= 0.3 is 6.36 Å². The molecule has 1 aromatic carbocycles. The predicted molar refractivity (Wildman–Crippen MR) is 91.1 cm³/mol. The quantitative estimate of drug-likeness (QED) is 0.694. The fourth-order valence-electron chi connectivity index (χ4n) is 2.39. The van der Waals surface area contributed by atoms with Crippen LogP contribution in [0.5, 0.6) is 5.75 Å². The summed E-state index contributed by atoms with van der Waals surface area (Å²) in [4.78, 5) is 20.3. The van der Waals surface area contributed by atoms with Gasteiger partial charge in [-0.25, -0.2) is 9.97 Å². The van der Waals surface area contributed by atoms with E-state index in [1.54, 1.807) is 6.20 Å². The third kappa shape index (κ3) is 4.72. The highest BCUT2D eigenvalue weighted by Gasteiger charge is 2.31. The number of benzene rings is 1. The number of alkyl halides is 3. The molecule has 0 atom stereocenters. The monoisotopic (exact) mass is 384 g/mol. The zero-order valence-corrected chi connectivity index (χ0v) is 14.5. The Morgan fingerprint density at radius 3 is 2.88 bits per heavy atom. The molecular weight excluding hydrogens is 369 g/mol. The van der Waals surface area contributed by atoms with E-state index < -0.39 is 6.36 Å². The summed E-state index contributed by atoms with van der Waals surface area (Å²) >= 11 is 1.09. The number of aryl methyl sites for hydroxylation is 2. The average molecular weight is 384 g/mol. The smallest absolute Gasteiger partial charge is 0.406 e. The predicted octanol–water partition coefficient (Wildman–Crippen LogP) is 4.12. The number of hydrogen-bond donors (Lipinski definition) is 1. The molecule has 138 valence electrons. The van der Waals surface area contributed by atoms with Crippen molar-refractivity contribution in [2.45, 2.75) is 32.7 Å². The third-order valence-corrected chi connectivity index (χ3v) is 4.50. The molecule has 26 heavy (non-hydrogen) atoms. The second kappa shape index (κ2) is 7.32. The summed E-state index contributed by atoms with van der Waals surface area (Å²) in [6, 6.07) is 3.86. The van der Waals surface area contributed by atoms with Crippen molar-refractivity contribution in [3.05, 3.63) is 36.4 Å². The molecule has 0 aliphatic rings. The number of anilines is 1. The Balaban J connectivity index is 1.58. The van der Waals surface area contributed by atoms with Gasteiger partial charge in [-0.15, -0.1) is 13.2 Å². The molecule has 2 heterocycles. The van der Waals surface area contributed by atoms with E-state index in [0.717, 1.165) is 17.2 Å². The Kier molecular flexibility index (Phi) is 5.12. The van der Waals surface area contributed by atoms with Gasteiger partial charge in [-0.2, -0.15) is 0 Å². The number of carbonyl (C=O) groups excluding carboxylic acids is 1. The molecular formula is C16H15F3N4O2S. The summed E-state index contributed by atoms with van der Waals surface area (Å²) in [6.45, 7) is 2.56. The molecule has 10 heteroatoms. The van der Waals surface area contributed by atoms with Gasteiger partial charge in [-0.3, -0.25) is 4.79 Å². The van der Waals surface area contributed by atoms with E-state index in [1.165, 1.54) is 18.2 Å². The van der Waals surface area contributed by atoms with Crippen LogP contribution in [-0.2, 0) is 11.3 Å². The van der Waals surface area contributed by atoms with Crippen LogP contribution in [0.1, 0.15) is 18.7 Å². The van der Waals surface area contributed by atoms with Crippen molar-refractivity contribution in [3.63, 3.8) is 0 Å². The van der Waals surface area contributed by atoms with Crippen LogP contribution in [0.3, 0.4) is 0 Å². The maximum atomic E-state index is 12.3. The van der Waals surface area contributed by atoms with Crippen molar-refractivity contribution in [2.75, 3.05) is 5.32 Å². The topological polar surface area (TPSA) is 69.0 Å². The largest absolute Gasteiger partial charge is 0.573 e. The minimum absolute atomic E-state index is 0.200. The third-order valence-electron chi connectivity index (χ3n) is 3.57. The van der Waals surface area contributed by atoms with Crippen LogP contribution < -0.4 is 10.1 Å². The van der Waals surface area contributed by atoms with Crippen LogP contribution in [0.2, 0.25) is 0 Å². The molecule has 3 aromatic rings. The Labute approximate surface area is 150 Å². The SMILES string of the molecule is Cc1nccn1CCCC(=O)Nc1nc2ccc(OC(F)(F)F)cc2s1. The molecule has 0 saturated heterocycles. The van der Waals surface area contributed by atoms with Crippen molar-refractivity contribution in [3.8, 4) is 5.75 Å². The molecule has 1 amide bonds. The highest BCUT2D eigenvalue weighted by atomic mass is 32.1. The number of aromatic nitrogens is 3. The number of nitrogens with zero attached hydrogens (tertiary/aromatic N) is 3. The van der Waals surface area contributed by atoms with Gasteiger partial charge < -0.3 is 14.6 Å². The highest BCUT2D eigenvalue weighted by Crippen LogP contribution is 2.31. The number of hydrogen-bond acceptors (Lipinski definition) is 5. The number of fused-ring (bicyclic) bond motifs is 1. The number of imidazole rings is 1. The van der Waals surface area contributed by atoms with Gasteiger partial charge in [0, 0.05) is 31.4 Å². The lowest BCUT2D eigenvalue weighted by atomic mass is 10.3. The summed E-state index contributed by atoms with van der Waals surface area (Å²) in [5.74, 6) is 0.365. The van der Waals surface area contributed by atoms with Crippen molar-refractivity contribution in [2.24, 2.45) is 0 Å². The van der Waals surface area contributed by atoms with Gasteiger partial charge in [-0.05, 0) is 25.5 Å². The maximum absolute atomic E-state index is 12.3. The Bertz CT molecular complexity index is 920. The zero-order chi connectivity index (χ0) is 18.7. The van der Waals surface area contributed by atoms with Crippen LogP contribution in [0.25, 0.3) is 10.2 Å². The summed E-state index contributed by atoms with van der Waals surface area (Å²) in [5.41, 5.74) is 0.494. The Hall–Kier alpha value is -2.62. The van der Waals surface area contributed by atoms with Crippen molar-refractivity contribution < 1.29 is 22.7 Å². The number of nitrogens with one attached hydrogen (secondary N) is 1. The van der Waals surface area contributed by atoms with Gasteiger partial charge in [0.05, 0.1) is 10.2 Å². The Morgan fingerprint density at radius 2 is 2.19 bits per heavy atom. The maximum Gasteiger partial charge on any atom is 0.573 e. The van der Waals surface area contributed by atoms with E-state index in [9.17, 15) is 18.0 Å². The summed E-state index contributed by atoms with van der Waals surface area (Å²) in [5, 5.41) is 3.02. The van der Waals surface area contributed by atoms with E-state index in [0.29, 0.717) is 34.7 Å². The average Bonchev–Trinajstić information content (AvgIpc) is 3.11. The molecule has 1 N–H and O–H groups in total. The fraction of sp³-hybridized carbons (Fsp3) is 0.312. The van der Waals surface area contributed by atoms with Crippen molar-refractivity contribution in [1.82, 2.24) is 14.5 Å². The van der Waals surface area contributed by atoms with E-state index in [4.69, 9.17) is 0 Å². The molecule has 0 fully saturated rings. The van der Waals surface area contributed by atoms with E-state index >= 15 is 0 Å². The van der Waals surface area contributed by atoms with Crippen LogP contribution >= 0.6 is 11.3 Å². The summed E-state index contributed by atoms with van der Waals surface area (Å²) in [7, 11) is 0. The van der Waals surface area contributed by atoms with Gasteiger partial charge in [0.2, 0.25) is 5.91 Å². The second-order valence-corrected chi connectivity index (χ2v) is 6.55. The first-order valence-corrected chi connectivity index (χ1v) is 8.56. The number of rotatable bonds is 6. The lowest BCUT2D eigenvalue weighted by Crippen LogP contribution is -2.16. The summed E-state index contributed by atoms with van der Waals surface area (Å²) in [6.07, 6.45) is -0.259. The molecule has 0 bridgehead atoms. The normalized spacial score (nSPS) is 11.7. The Morgan fingerprint density at radius 1 is 1.38 bits per heavy atom. The molecule has 0 saturated carbocycles. The van der Waals surface area contributed by atoms with E-state index in [2.05, 4.69) is 20.0 Å². The molecule has 0 aliphatic carbocycles. The molecule has 0 unspecified atom stereocenters. The lowest BCUT2D eigenvalue weighted by Gasteiger charge is -2.07. The van der Waals surface area contributed by atoms with Crippen LogP contribution in [0.4, 0.5) is 18.3 Å². The molecule has 2 aromatic heterocycles. The first kappa shape index (κ1) is 18.2. The summed E-state index contributed by atoms with van der Waals surface area (Å²) < 4.78 is 43.1. The van der Waals surface area contributed by atoms with Gasteiger partial charge in [0.15, 0.2) is 5.13 Å². The minimum atomic E-state index is -4.75. The van der Waals surface area contributed by atoms with Crippen LogP contribution in [0.15, 0.2) is 30.6 Å². The van der Waals surface area contributed by atoms with Gasteiger partial charge in [0.1, 0.15) is 11.6 Å². The minimum Gasteiger partial charge on any atom is -0.406 e. The first-order valence-electron chi connectivity index (χ1n) is 7.74. The molecule has 0 radical (unpaired) electrons. The fourth-order valence-corrected chi connectivity index (χ4v) is 3.30. The number of thiazole rings is 1. The number of halogens is 3. The van der Waals surface area contributed by atoms with Crippen molar-refractivity contribution in [1.29, 1.82) is 0 Å². The molecule has 0 aliphatic heterocycles. The highest BCUT2D eigenvalue weighted by molar-refractivity contribution is 7.22. The van der Waals surface area contributed by atoms with Gasteiger partial charge in [0.25, 0.3) is 0 Å². The number of ether oxygens (including phenoxy) is 1. The molecule has 6 nitrogen and oxygen atoms in total. The van der Waals surface area contributed by atoms with Crippen molar-refractivity contribution >= 4 is 32.6 Å². The zero-order valence-electron chi connectivity index (χ0n) is 13.7. The van der Waals surface area contributed by atoms with Crippen LogP contribution in [-0.4, -0.2) is 26.8 Å². The number of carbonyl (C=O) groups is 1. The first-order chi connectivity index (χ1) is 12.3. The number of amides is 1. The van der Waals surface area contributed by atoms with Gasteiger partial charge in [-0.1, -0.05) is 11.3 Å². The van der Waals surface area contributed by atoms with E-state index in [-0.39, 0.29) is 11.7 Å². The molecule has 0 spiro atoms. The second-order valence-electron chi connectivity index (χ2n) is 5.52. The standard InChI is InChI=1S/C16H15F3N4O2S/c1-10-20-6-8-23(10)7-2-3-14(24)22-15-21-12-5-4-11(9-13(12)26-15)25-16(17,18)19/h4-6,8-9H,2-3,7H2,1H3,(H,21,22,24). The lowest BCUT2D eigenvalue weighted by molar-refractivity contribution is -0.274. The van der Waals surface area contributed by atoms with E-state index in [1.807, 2.05) is 17.7 Å². The molecule has 3 rings (SSSR count). The van der Waals surface area contributed by atoms with Crippen LogP contribution in [0, 0.1) is 6.92 Å².